The van der Waals surface area contributed by atoms with Crippen LogP contribution in [0.1, 0.15) is 142 Å². The second kappa shape index (κ2) is 31.3. The van der Waals surface area contributed by atoms with Crippen LogP contribution in [0.2, 0.25) is 0 Å². The summed E-state index contributed by atoms with van der Waals surface area (Å²) in [6.07, 6.45) is 27.5. The van der Waals surface area contributed by atoms with E-state index in [0.29, 0.717) is 87.8 Å². The molecule has 6 heterocycles. The first-order valence-electron chi connectivity index (χ1n) is 32.0. The van der Waals surface area contributed by atoms with Crippen LogP contribution >= 0.6 is 0 Å². The SMILES string of the molecule is C=CCOC(=O)C1(C)CCC2OC2C1.C=CCOC(=O)C1CC2OC2CC1C.C=CCOC(=O)C1CC2OC2CC1c1ccccc1.C=CCOC(=O)C1CCC2(C)OC2C1.C=CCOC(=O)C1CCC2OC2(C)C1.C=CCOC(=O)C1CCC2OC2C1. The lowest BCUT2D eigenvalue weighted by molar-refractivity contribution is -0.155. The molecule has 6 aliphatic carbocycles. The summed E-state index contributed by atoms with van der Waals surface area (Å²) < 4.78 is 63.2. The molecule has 18 heteroatoms. The van der Waals surface area contributed by atoms with E-state index in [1.165, 1.54) is 5.56 Å². The molecule has 12 fully saturated rings. The molecule has 0 amide bonds. The molecule has 6 saturated heterocycles. The van der Waals surface area contributed by atoms with Crippen molar-refractivity contribution in [2.24, 2.45) is 40.9 Å². The summed E-state index contributed by atoms with van der Waals surface area (Å²) in [4.78, 5) is 69.9. The van der Waals surface area contributed by atoms with Gasteiger partial charge in [0, 0.05) is 0 Å². The van der Waals surface area contributed by atoms with Crippen molar-refractivity contribution in [2.45, 2.75) is 209 Å². The highest BCUT2D eigenvalue weighted by atomic mass is 16.6. The number of fused-ring (bicyclic) bond motifs is 6. The highest BCUT2D eigenvalue weighted by molar-refractivity contribution is 5.77. The van der Waals surface area contributed by atoms with Crippen LogP contribution in [0.15, 0.2) is 106 Å². The highest BCUT2D eigenvalue weighted by Crippen LogP contribution is 2.52. The van der Waals surface area contributed by atoms with Gasteiger partial charge in [0.1, 0.15) is 39.6 Å². The summed E-state index contributed by atoms with van der Waals surface area (Å²) >= 11 is 0. The van der Waals surface area contributed by atoms with Crippen molar-refractivity contribution < 1.29 is 85.6 Å². The molecule has 20 unspecified atom stereocenters. The molecule has 484 valence electrons. The minimum atomic E-state index is -0.333. The third-order valence-corrected chi connectivity index (χ3v) is 19.3. The largest absolute Gasteiger partial charge is 0.461 e. The molecule has 0 N–H and O–H groups in total. The fourth-order valence-corrected chi connectivity index (χ4v) is 13.5. The molecule has 0 spiro atoms. The zero-order valence-corrected chi connectivity index (χ0v) is 52.3. The molecule has 12 aliphatic rings. The highest BCUT2D eigenvalue weighted by Gasteiger charge is 2.58. The van der Waals surface area contributed by atoms with Crippen molar-refractivity contribution in [3.8, 4) is 0 Å². The Morgan fingerprint density at radius 3 is 1.48 bits per heavy atom. The standard InChI is InChI=1S/C16H18O3.4C11H16O3.C10H14O3/c1-2-8-18-16(17)13-10-15-14(19-15)9-12(13)11-6-4-3-5-7-11;1-3-6-13-10(12)11(2)5-4-8-9(7-11)14-8;1-3-6-13-10(12)8-4-5-11(2)9(7-8)14-11;1-3-6-13-10(12)8-4-5-9-11(2,7-8)14-9;1-3-4-13-11(12)8-6-10-9(14-10)5-7(8)2;1-2-5-12-10(11)7-3-4-8-9(6-7)13-8/h2-7,12-15H,1,8-10H2;3*3,8-9H,1,4-7H2,2H3;3,7-10H,1,4-6H2,2H3;2,7-9H,1,3-6H2. The number of hydrogen-bond acceptors (Lipinski definition) is 18. The number of benzene rings is 1. The van der Waals surface area contributed by atoms with Gasteiger partial charge in [-0.25, -0.2) is 0 Å². The first-order valence-corrected chi connectivity index (χ1v) is 32.0. The smallest absolute Gasteiger partial charge is 0.312 e. The van der Waals surface area contributed by atoms with Gasteiger partial charge in [-0.15, -0.1) is 0 Å². The van der Waals surface area contributed by atoms with Gasteiger partial charge in [-0.1, -0.05) is 113 Å². The maximum Gasteiger partial charge on any atom is 0.312 e. The number of carbonyl (C=O) groups excluding carboxylic acids is 6. The molecule has 0 radical (unpaired) electrons. The molecule has 0 bridgehead atoms. The van der Waals surface area contributed by atoms with E-state index < -0.39 is 0 Å². The zero-order valence-electron chi connectivity index (χ0n) is 52.3. The van der Waals surface area contributed by atoms with Crippen LogP contribution < -0.4 is 0 Å². The van der Waals surface area contributed by atoms with Gasteiger partial charge in [0.15, 0.2) is 0 Å². The number of carbonyl (C=O) groups is 6. The van der Waals surface area contributed by atoms with Crippen LogP contribution in [0.25, 0.3) is 0 Å². The van der Waals surface area contributed by atoms with Crippen molar-refractivity contribution in [1.82, 2.24) is 0 Å². The molecule has 0 aromatic heterocycles. The van der Waals surface area contributed by atoms with E-state index in [1.54, 1.807) is 36.5 Å². The van der Waals surface area contributed by atoms with Gasteiger partial charge in [0.2, 0.25) is 0 Å². The van der Waals surface area contributed by atoms with Gasteiger partial charge in [0.05, 0.1) is 107 Å². The van der Waals surface area contributed by atoms with E-state index >= 15 is 0 Å². The third kappa shape index (κ3) is 19.1. The van der Waals surface area contributed by atoms with Gasteiger partial charge in [-0.3, -0.25) is 28.8 Å². The van der Waals surface area contributed by atoms with Gasteiger partial charge < -0.3 is 56.8 Å². The first-order chi connectivity index (χ1) is 42.3. The Morgan fingerprint density at radius 1 is 0.443 bits per heavy atom. The molecule has 1 aromatic carbocycles. The summed E-state index contributed by atoms with van der Waals surface area (Å²) in [7, 11) is 0. The van der Waals surface area contributed by atoms with Crippen molar-refractivity contribution >= 4 is 35.8 Å². The first kappa shape index (κ1) is 68.2. The van der Waals surface area contributed by atoms with Crippen molar-refractivity contribution in [3.05, 3.63) is 112 Å². The number of esters is 6. The summed E-state index contributed by atoms with van der Waals surface area (Å²) in [5.74, 6) is 0.0535. The van der Waals surface area contributed by atoms with Crippen LogP contribution in [0.5, 0.6) is 0 Å². The van der Waals surface area contributed by atoms with E-state index in [0.717, 1.165) is 103 Å². The predicted octanol–water partition coefficient (Wildman–Crippen LogP) is 10.5. The number of ether oxygens (including phenoxy) is 12. The average molecular weight is 1230 g/mol. The number of epoxide rings is 6. The van der Waals surface area contributed by atoms with Crippen LogP contribution in [-0.2, 0) is 85.6 Å². The second-order valence-corrected chi connectivity index (χ2v) is 26.1. The molecule has 88 heavy (non-hydrogen) atoms. The number of hydrogen-bond donors (Lipinski definition) is 0. The molecule has 6 saturated carbocycles. The molecule has 1 aromatic rings. The van der Waals surface area contributed by atoms with Crippen LogP contribution in [0, 0.1) is 40.9 Å². The van der Waals surface area contributed by atoms with E-state index in [1.807, 2.05) is 25.1 Å². The molecule has 20 atom stereocenters. The Labute approximate surface area is 520 Å². The summed E-state index contributed by atoms with van der Waals surface area (Å²) in [6.45, 7) is 31.3. The van der Waals surface area contributed by atoms with Gasteiger partial charge in [0.25, 0.3) is 0 Å². The molecular weight excluding hydrogens is 1130 g/mol. The number of rotatable bonds is 19. The Morgan fingerprint density at radius 2 is 0.909 bits per heavy atom. The lowest BCUT2D eigenvalue weighted by Gasteiger charge is -2.28. The quantitative estimate of drug-likeness (QED) is 0.0542. The lowest BCUT2D eigenvalue weighted by atomic mass is 9.75. The second-order valence-electron chi connectivity index (χ2n) is 26.1. The fourth-order valence-electron chi connectivity index (χ4n) is 13.5. The summed E-state index contributed by atoms with van der Waals surface area (Å²) in [6, 6.07) is 10.2. The Kier molecular flexibility index (Phi) is 24.3. The molecule has 13 rings (SSSR count). The molecule has 18 nitrogen and oxygen atoms in total. The summed E-state index contributed by atoms with van der Waals surface area (Å²) in [5.41, 5.74) is 0.920. The van der Waals surface area contributed by atoms with Crippen LogP contribution in [0.4, 0.5) is 0 Å². The Hall–Kier alpha value is -5.76. The van der Waals surface area contributed by atoms with Crippen molar-refractivity contribution in [2.75, 3.05) is 39.6 Å². The Balaban J connectivity index is 0.000000137. The van der Waals surface area contributed by atoms with Crippen molar-refractivity contribution in [3.63, 3.8) is 0 Å². The zero-order chi connectivity index (χ0) is 63.2. The molecular formula is C70H96O18. The topological polar surface area (TPSA) is 233 Å². The molecule has 6 aliphatic heterocycles. The van der Waals surface area contributed by atoms with Crippen molar-refractivity contribution in [1.29, 1.82) is 0 Å². The predicted molar refractivity (Wildman–Crippen MR) is 326 cm³/mol. The van der Waals surface area contributed by atoms with E-state index in [2.05, 4.69) is 72.4 Å². The van der Waals surface area contributed by atoms with E-state index in [9.17, 15) is 28.8 Å². The fraction of sp³-hybridized carbons (Fsp3) is 0.657. The average Bonchev–Trinajstić information content (AvgIpc) is 1.96. The maximum absolute atomic E-state index is 12.2. The third-order valence-electron chi connectivity index (χ3n) is 19.3. The summed E-state index contributed by atoms with van der Waals surface area (Å²) in [5, 5.41) is 0. The Bertz CT molecular complexity index is 2620. The van der Waals surface area contributed by atoms with Gasteiger partial charge in [-0.2, -0.15) is 0 Å². The minimum Gasteiger partial charge on any atom is -0.461 e. The van der Waals surface area contributed by atoms with Gasteiger partial charge in [-0.05, 0) is 141 Å². The van der Waals surface area contributed by atoms with Crippen LogP contribution in [0.3, 0.4) is 0 Å². The minimum absolute atomic E-state index is 0.0266. The lowest BCUT2D eigenvalue weighted by Crippen LogP contribution is -2.34. The van der Waals surface area contributed by atoms with Crippen LogP contribution in [-0.4, -0.2) is 148 Å². The monoisotopic (exact) mass is 1220 g/mol. The maximum atomic E-state index is 12.2. The van der Waals surface area contributed by atoms with E-state index in [4.69, 9.17) is 56.8 Å². The normalized spacial score (nSPS) is 37.6. The van der Waals surface area contributed by atoms with Gasteiger partial charge >= 0.3 is 35.8 Å². The van der Waals surface area contributed by atoms with E-state index in [-0.39, 0.29) is 107 Å².